The second kappa shape index (κ2) is 6.32. The van der Waals surface area contributed by atoms with E-state index in [0.717, 1.165) is 23.6 Å². The van der Waals surface area contributed by atoms with Gasteiger partial charge < -0.3 is 9.80 Å². The number of hydrogen-bond donors (Lipinski definition) is 0. The first-order valence-electron chi connectivity index (χ1n) is 7.47. The molecule has 3 rings (SSSR count). The summed E-state index contributed by atoms with van der Waals surface area (Å²) in [5.74, 6) is -1.03. The smallest absolute Gasteiger partial charge is 0.256 e. The number of anilines is 1. The Labute approximate surface area is 133 Å². The molecule has 1 aromatic heterocycles. The maximum atomic E-state index is 13.7. The molecule has 0 bridgehead atoms. The van der Waals surface area contributed by atoms with Gasteiger partial charge in [0, 0.05) is 37.9 Å². The van der Waals surface area contributed by atoms with Crippen molar-refractivity contribution in [2.24, 2.45) is 0 Å². The Hall–Kier alpha value is -2.50. The number of piperazine rings is 1. The molecule has 23 heavy (non-hydrogen) atoms. The first-order chi connectivity index (χ1) is 11.0. The van der Waals surface area contributed by atoms with Gasteiger partial charge in [-0.1, -0.05) is 6.07 Å². The predicted octanol–water partition coefficient (Wildman–Crippen LogP) is 2.63. The molecule has 2 aromatic rings. The molecular formula is C17H17F2N3O. The molecule has 2 heterocycles. The van der Waals surface area contributed by atoms with Crippen molar-refractivity contribution >= 4 is 11.7 Å². The second-order valence-electron chi connectivity index (χ2n) is 5.54. The summed E-state index contributed by atoms with van der Waals surface area (Å²) in [6, 6.07) is 8.85. The van der Waals surface area contributed by atoms with Crippen LogP contribution in [0.5, 0.6) is 0 Å². The monoisotopic (exact) mass is 317 g/mol. The lowest BCUT2D eigenvalue weighted by atomic mass is 10.1. The van der Waals surface area contributed by atoms with Gasteiger partial charge in [-0.25, -0.2) is 13.8 Å². The lowest BCUT2D eigenvalue weighted by Crippen LogP contribution is -2.49. The van der Waals surface area contributed by atoms with Gasteiger partial charge in [-0.3, -0.25) is 4.79 Å². The molecule has 0 aliphatic carbocycles. The summed E-state index contributed by atoms with van der Waals surface area (Å²) in [5, 5.41) is 0. The minimum Gasteiger partial charge on any atom is -0.353 e. The van der Waals surface area contributed by atoms with Gasteiger partial charge in [0.25, 0.3) is 5.91 Å². The fourth-order valence-electron chi connectivity index (χ4n) is 2.68. The van der Waals surface area contributed by atoms with Crippen molar-refractivity contribution < 1.29 is 13.6 Å². The summed E-state index contributed by atoms with van der Waals surface area (Å²) in [6.45, 7) is 4.15. The quantitative estimate of drug-likeness (QED) is 0.854. The van der Waals surface area contributed by atoms with Gasteiger partial charge in [0.15, 0.2) is 0 Å². The van der Waals surface area contributed by atoms with Crippen molar-refractivity contribution in [3.8, 4) is 0 Å². The maximum absolute atomic E-state index is 13.7. The largest absolute Gasteiger partial charge is 0.353 e. The topological polar surface area (TPSA) is 36.4 Å². The number of carbonyl (C=O) groups is 1. The van der Waals surface area contributed by atoms with E-state index in [9.17, 15) is 13.6 Å². The molecule has 4 nitrogen and oxygen atoms in total. The third kappa shape index (κ3) is 3.31. The number of aromatic nitrogens is 1. The fourth-order valence-corrected chi connectivity index (χ4v) is 2.68. The summed E-state index contributed by atoms with van der Waals surface area (Å²) in [7, 11) is 0. The number of aryl methyl sites for hydroxylation is 1. The number of hydrogen-bond acceptors (Lipinski definition) is 3. The Balaban J connectivity index is 1.68. The van der Waals surface area contributed by atoms with Crippen molar-refractivity contribution in [1.82, 2.24) is 9.88 Å². The number of rotatable bonds is 2. The molecule has 120 valence electrons. The summed E-state index contributed by atoms with van der Waals surface area (Å²) in [5.41, 5.74) is 0.850. The lowest BCUT2D eigenvalue weighted by molar-refractivity contribution is 0.0741. The molecule has 0 radical (unpaired) electrons. The van der Waals surface area contributed by atoms with Gasteiger partial charge >= 0.3 is 0 Å². The molecule has 1 saturated heterocycles. The Bertz CT molecular complexity index is 728. The Kier molecular flexibility index (Phi) is 4.23. The van der Waals surface area contributed by atoms with Crippen molar-refractivity contribution in [1.29, 1.82) is 0 Å². The minimum atomic E-state index is -0.821. The van der Waals surface area contributed by atoms with E-state index >= 15 is 0 Å². The molecule has 0 unspecified atom stereocenters. The number of nitrogens with zero attached hydrogens (tertiary/aromatic N) is 3. The standard InChI is InChI=1S/C17H17F2N3O/c1-12-3-2-4-16(20-12)21-7-9-22(10-8-21)17(23)14-6-5-13(18)11-15(14)19/h2-6,11H,7-10H2,1H3. The van der Waals surface area contributed by atoms with Crippen LogP contribution in [0.1, 0.15) is 16.1 Å². The molecule has 1 aromatic carbocycles. The third-order valence-corrected chi connectivity index (χ3v) is 3.93. The molecular weight excluding hydrogens is 300 g/mol. The van der Waals surface area contributed by atoms with Crippen LogP contribution in [0.2, 0.25) is 0 Å². The van der Waals surface area contributed by atoms with Crippen LogP contribution in [-0.2, 0) is 0 Å². The fraction of sp³-hybridized carbons (Fsp3) is 0.294. The molecule has 6 heteroatoms. The Morgan fingerprint density at radius 2 is 1.83 bits per heavy atom. The molecule has 0 spiro atoms. The average Bonchev–Trinajstić information content (AvgIpc) is 2.54. The Morgan fingerprint density at radius 3 is 2.48 bits per heavy atom. The maximum Gasteiger partial charge on any atom is 0.256 e. The lowest BCUT2D eigenvalue weighted by Gasteiger charge is -2.35. The van der Waals surface area contributed by atoms with Crippen molar-refractivity contribution in [3.05, 3.63) is 59.3 Å². The van der Waals surface area contributed by atoms with Crippen LogP contribution in [0.25, 0.3) is 0 Å². The molecule has 1 fully saturated rings. The van der Waals surface area contributed by atoms with Crippen LogP contribution >= 0.6 is 0 Å². The van der Waals surface area contributed by atoms with E-state index in [-0.39, 0.29) is 5.56 Å². The molecule has 1 amide bonds. The SMILES string of the molecule is Cc1cccc(N2CCN(C(=O)c3ccc(F)cc3F)CC2)n1. The zero-order chi connectivity index (χ0) is 16.4. The first-order valence-corrected chi connectivity index (χ1v) is 7.47. The molecule has 1 aliphatic heterocycles. The number of amides is 1. The highest BCUT2D eigenvalue weighted by Gasteiger charge is 2.24. The van der Waals surface area contributed by atoms with Gasteiger partial charge in [-0.05, 0) is 31.2 Å². The van der Waals surface area contributed by atoms with Crippen molar-refractivity contribution in [3.63, 3.8) is 0 Å². The van der Waals surface area contributed by atoms with Gasteiger partial charge in [0.2, 0.25) is 0 Å². The Morgan fingerprint density at radius 1 is 1.09 bits per heavy atom. The highest BCUT2D eigenvalue weighted by molar-refractivity contribution is 5.94. The molecule has 0 atom stereocenters. The second-order valence-corrected chi connectivity index (χ2v) is 5.54. The van der Waals surface area contributed by atoms with Gasteiger partial charge in [0.1, 0.15) is 17.5 Å². The van der Waals surface area contributed by atoms with Crippen molar-refractivity contribution in [2.75, 3.05) is 31.1 Å². The van der Waals surface area contributed by atoms with E-state index in [1.54, 1.807) is 4.90 Å². The molecule has 0 saturated carbocycles. The summed E-state index contributed by atoms with van der Waals surface area (Å²) < 4.78 is 26.7. The predicted molar refractivity (Wildman–Crippen MR) is 83.4 cm³/mol. The number of pyridine rings is 1. The van der Waals surface area contributed by atoms with E-state index < -0.39 is 17.5 Å². The van der Waals surface area contributed by atoms with E-state index in [1.165, 1.54) is 6.07 Å². The normalized spacial score (nSPS) is 14.9. The number of halogens is 2. The number of carbonyl (C=O) groups excluding carboxylic acids is 1. The van der Waals surface area contributed by atoms with Crippen LogP contribution in [0.3, 0.4) is 0 Å². The van der Waals surface area contributed by atoms with E-state index in [2.05, 4.69) is 9.88 Å². The zero-order valence-corrected chi connectivity index (χ0v) is 12.8. The van der Waals surface area contributed by atoms with Crippen LogP contribution < -0.4 is 4.90 Å². The van der Waals surface area contributed by atoms with Crippen LogP contribution in [0.15, 0.2) is 36.4 Å². The van der Waals surface area contributed by atoms with Crippen LogP contribution in [0.4, 0.5) is 14.6 Å². The number of benzene rings is 1. The van der Waals surface area contributed by atoms with Gasteiger partial charge in [-0.2, -0.15) is 0 Å². The van der Waals surface area contributed by atoms with Crippen LogP contribution in [0, 0.1) is 18.6 Å². The summed E-state index contributed by atoms with van der Waals surface area (Å²) >= 11 is 0. The van der Waals surface area contributed by atoms with Gasteiger partial charge in [-0.15, -0.1) is 0 Å². The summed E-state index contributed by atoms with van der Waals surface area (Å²) in [4.78, 5) is 20.5. The van der Waals surface area contributed by atoms with Gasteiger partial charge in [0.05, 0.1) is 5.56 Å². The van der Waals surface area contributed by atoms with E-state index in [0.29, 0.717) is 26.2 Å². The highest BCUT2D eigenvalue weighted by atomic mass is 19.1. The first kappa shape index (κ1) is 15.4. The minimum absolute atomic E-state index is 0.0893. The molecule has 1 aliphatic rings. The average molecular weight is 317 g/mol. The van der Waals surface area contributed by atoms with Crippen molar-refractivity contribution in [2.45, 2.75) is 6.92 Å². The third-order valence-electron chi connectivity index (χ3n) is 3.93. The van der Waals surface area contributed by atoms with E-state index in [1.807, 2.05) is 25.1 Å². The zero-order valence-electron chi connectivity index (χ0n) is 12.8. The highest BCUT2D eigenvalue weighted by Crippen LogP contribution is 2.17. The molecule has 0 N–H and O–H groups in total. The van der Waals surface area contributed by atoms with Crippen LogP contribution in [-0.4, -0.2) is 42.0 Å². The van der Waals surface area contributed by atoms with E-state index in [4.69, 9.17) is 0 Å². The summed E-state index contributed by atoms with van der Waals surface area (Å²) in [6.07, 6.45) is 0.